The number of unbranched alkanes of at least 4 members (excludes halogenated alkanes) is 24. The minimum Gasteiger partial charge on any atom is -1.00 e. The summed E-state index contributed by atoms with van der Waals surface area (Å²) >= 11 is 0. The van der Waals surface area contributed by atoms with Gasteiger partial charge in [0.1, 0.15) is 0 Å². The van der Waals surface area contributed by atoms with Gasteiger partial charge in [0.15, 0.2) is 0 Å². The van der Waals surface area contributed by atoms with Gasteiger partial charge in [0.25, 0.3) is 0 Å². The maximum absolute atomic E-state index is 2.34. The maximum Gasteiger partial charge on any atom is 0.0594 e. The van der Waals surface area contributed by atoms with E-state index in [1.165, 1.54) is 154 Å². The van der Waals surface area contributed by atoms with E-state index >= 15 is 0 Å². The third-order valence-corrected chi connectivity index (χ3v) is 14.0. The molecule has 0 atom stereocenters. The lowest BCUT2D eigenvalue weighted by Crippen LogP contribution is -3.00. The quantitative estimate of drug-likeness (QED) is 0.0519. The summed E-state index contributed by atoms with van der Waals surface area (Å²) in [5.41, 5.74) is 0. The lowest BCUT2D eigenvalue weighted by atomic mass is 10.1. The Morgan fingerprint density at radius 2 is 0.395 bits per heavy atom. The smallest absolute Gasteiger partial charge is 0.0594 e. The highest BCUT2D eigenvalue weighted by Gasteiger charge is 2.34. The van der Waals surface area contributed by atoms with Gasteiger partial charge in [0, 0.05) is 7.26 Å². The Balaban J connectivity index is 0. The molecule has 0 saturated heterocycles. The zero-order chi connectivity index (χ0) is 27.1. The van der Waals surface area contributed by atoms with Crippen molar-refractivity contribution in [1.82, 2.24) is 0 Å². The van der Waals surface area contributed by atoms with Crippen LogP contribution in [0.15, 0.2) is 0 Å². The van der Waals surface area contributed by atoms with Gasteiger partial charge >= 0.3 is 0 Å². The molecular formula is C36H76BrP. The molecule has 2 heteroatoms. The van der Waals surface area contributed by atoms with Gasteiger partial charge in [-0.2, -0.15) is 0 Å². The lowest BCUT2D eigenvalue weighted by Gasteiger charge is -2.28. The minimum atomic E-state index is -0.742. The highest BCUT2D eigenvalue weighted by molar-refractivity contribution is 7.75. The molecule has 0 aliphatic heterocycles. The van der Waals surface area contributed by atoms with Gasteiger partial charge in [-0.3, -0.25) is 0 Å². The monoisotopic (exact) mass is 618 g/mol. The SMILES string of the molecule is CCCCCCCCC[P+](CCCCCCCCC)(CCCCCCCCC)CCCCCCCCC.[Br-]. The summed E-state index contributed by atoms with van der Waals surface area (Å²) in [7, 11) is -0.742. The molecule has 232 valence electrons. The standard InChI is InChI=1S/C36H76P.BrH/c1-5-9-13-17-21-25-29-33-37(34-30-26-22-18-14-10-6-2,35-31-27-23-19-15-11-7-3)36-32-28-24-20-16-12-8-4;/h5-36H2,1-4H3;1H/q+1;/p-1. The van der Waals surface area contributed by atoms with Crippen molar-refractivity contribution in [3.63, 3.8) is 0 Å². The van der Waals surface area contributed by atoms with Crippen molar-refractivity contribution in [3.05, 3.63) is 0 Å². The molecule has 0 rings (SSSR count). The summed E-state index contributed by atoms with van der Waals surface area (Å²) in [6.45, 7) is 9.37. The predicted octanol–water partition coefficient (Wildman–Crippen LogP) is 11.0. The van der Waals surface area contributed by atoms with Crippen LogP contribution in [0.2, 0.25) is 0 Å². The van der Waals surface area contributed by atoms with E-state index in [1.54, 1.807) is 50.3 Å². The number of hydrogen-bond donors (Lipinski definition) is 0. The fourth-order valence-electron chi connectivity index (χ4n) is 6.29. The summed E-state index contributed by atoms with van der Waals surface area (Å²) in [4.78, 5) is 0. The Labute approximate surface area is 255 Å². The van der Waals surface area contributed by atoms with Crippen LogP contribution >= 0.6 is 7.26 Å². The Kier molecular flexibility index (Phi) is 36.8. The van der Waals surface area contributed by atoms with Crippen molar-refractivity contribution < 1.29 is 17.0 Å². The van der Waals surface area contributed by atoms with Crippen LogP contribution in [0.1, 0.15) is 207 Å². The normalized spacial score (nSPS) is 11.7. The molecule has 0 saturated carbocycles. The summed E-state index contributed by atoms with van der Waals surface area (Å²) in [6, 6.07) is 0. The van der Waals surface area contributed by atoms with Crippen molar-refractivity contribution in [2.75, 3.05) is 24.6 Å². The topological polar surface area (TPSA) is 0 Å². The first-order valence-corrected chi connectivity index (χ1v) is 20.6. The molecule has 0 N–H and O–H groups in total. The van der Waals surface area contributed by atoms with Crippen LogP contribution in [-0.2, 0) is 0 Å². The van der Waals surface area contributed by atoms with E-state index in [0.717, 1.165) is 0 Å². The van der Waals surface area contributed by atoms with Gasteiger partial charge in [0.05, 0.1) is 24.6 Å². The minimum absolute atomic E-state index is 0. The maximum atomic E-state index is 2.34. The second-order valence-electron chi connectivity index (χ2n) is 12.7. The average Bonchev–Trinajstić information content (AvgIpc) is 2.91. The van der Waals surface area contributed by atoms with Gasteiger partial charge in [-0.05, 0) is 51.4 Å². The van der Waals surface area contributed by atoms with Gasteiger partial charge < -0.3 is 17.0 Å². The van der Waals surface area contributed by atoms with Crippen LogP contribution in [0, 0.1) is 0 Å². The summed E-state index contributed by atoms with van der Waals surface area (Å²) < 4.78 is 0. The zero-order valence-corrected chi connectivity index (χ0v) is 29.9. The van der Waals surface area contributed by atoms with Crippen LogP contribution in [0.5, 0.6) is 0 Å². The van der Waals surface area contributed by atoms with E-state index in [2.05, 4.69) is 27.7 Å². The van der Waals surface area contributed by atoms with E-state index in [0.29, 0.717) is 0 Å². The number of halogens is 1. The van der Waals surface area contributed by atoms with Crippen molar-refractivity contribution in [2.45, 2.75) is 207 Å². The van der Waals surface area contributed by atoms with Gasteiger partial charge in [-0.25, -0.2) is 0 Å². The van der Waals surface area contributed by atoms with E-state index in [4.69, 9.17) is 0 Å². The van der Waals surface area contributed by atoms with E-state index in [-0.39, 0.29) is 17.0 Å². The lowest BCUT2D eigenvalue weighted by molar-refractivity contribution is -0.00000843. The van der Waals surface area contributed by atoms with E-state index in [1.807, 2.05) is 0 Å². The Morgan fingerprint density at radius 1 is 0.237 bits per heavy atom. The molecule has 0 radical (unpaired) electrons. The van der Waals surface area contributed by atoms with Crippen LogP contribution in [0.3, 0.4) is 0 Å². The second-order valence-corrected chi connectivity index (χ2v) is 17.2. The molecule has 0 nitrogen and oxygen atoms in total. The van der Waals surface area contributed by atoms with Crippen LogP contribution in [0.25, 0.3) is 0 Å². The van der Waals surface area contributed by atoms with Gasteiger partial charge in [0.2, 0.25) is 0 Å². The zero-order valence-electron chi connectivity index (χ0n) is 27.5. The molecule has 0 aromatic rings. The number of rotatable bonds is 32. The van der Waals surface area contributed by atoms with E-state index < -0.39 is 7.26 Å². The molecule has 38 heavy (non-hydrogen) atoms. The Hall–Kier alpha value is 0.910. The highest BCUT2D eigenvalue weighted by Crippen LogP contribution is 2.61. The first-order valence-electron chi connectivity index (χ1n) is 18.1. The first-order chi connectivity index (χ1) is 18.2. The second kappa shape index (κ2) is 34.1. The molecule has 0 bridgehead atoms. The van der Waals surface area contributed by atoms with Gasteiger partial charge in [-0.1, -0.05) is 156 Å². The fourth-order valence-corrected chi connectivity index (χ4v) is 11.2. The molecule has 0 amide bonds. The third-order valence-electron chi connectivity index (χ3n) is 8.94. The Bertz CT molecular complexity index is 333. The molecule has 0 aromatic carbocycles. The highest BCUT2D eigenvalue weighted by atomic mass is 79.9. The molecule has 0 heterocycles. The molecule has 0 spiro atoms. The first kappa shape index (κ1) is 41.0. The van der Waals surface area contributed by atoms with E-state index in [9.17, 15) is 0 Å². The van der Waals surface area contributed by atoms with Crippen molar-refractivity contribution in [1.29, 1.82) is 0 Å². The number of hydrogen-bond acceptors (Lipinski definition) is 0. The largest absolute Gasteiger partial charge is 1.00 e. The predicted molar refractivity (Wildman–Crippen MR) is 178 cm³/mol. The van der Waals surface area contributed by atoms with Crippen LogP contribution < -0.4 is 17.0 Å². The fraction of sp³-hybridized carbons (Fsp3) is 1.00. The van der Waals surface area contributed by atoms with Crippen molar-refractivity contribution >= 4 is 7.26 Å². The molecule has 0 unspecified atom stereocenters. The van der Waals surface area contributed by atoms with Crippen molar-refractivity contribution in [3.8, 4) is 0 Å². The van der Waals surface area contributed by atoms with Gasteiger partial charge in [-0.15, -0.1) is 0 Å². The summed E-state index contributed by atoms with van der Waals surface area (Å²) in [5.74, 6) is 0. The molecule has 0 fully saturated rings. The van der Waals surface area contributed by atoms with Crippen LogP contribution in [-0.4, -0.2) is 24.6 Å². The summed E-state index contributed by atoms with van der Waals surface area (Å²) in [5, 5.41) is 0. The molecular weight excluding hydrogens is 543 g/mol. The average molecular weight is 620 g/mol. The molecule has 0 aliphatic rings. The van der Waals surface area contributed by atoms with Crippen LogP contribution in [0.4, 0.5) is 0 Å². The summed E-state index contributed by atoms with van der Waals surface area (Å²) in [6.07, 6.45) is 48.2. The molecule has 0 aliphatic carbocycles. The third kappa shape index (κ3) is 28.4. The molecule has 0 aromatic heterocycles. The Morgan fingerprint density at radius 3 is 0.579 bits per heavy atom. The van der Waals surface area contributed by atoms with Crippen molar-refractivity contribution in [2.24, 2.45) is 0 Å².